The van der Waals surface area contributed by atoms with Gasteiger partial charge in [-0.2, -0.15) is 0 Å². The molecule has 6 atom stereocenters. The first kappa shape index (κ1) is 22.1. The van der Waals surface area contributed by atoms with Crippen molar-refractivity contribution in [2.24, 2.45) is 40.4 Å². The van der Waals surface area contributed by atoms with Gasteiger partial charge in [-0.05, 0) is 98.2 Å². The molecule has 3 aliphatic rings. The molecule has 3 fully saturated rings. The van der Waals surface area contributed by atoms with Crippen LogP contribution in [0.2, 0.25) is 0 Å². The third kappa shape index (κ3) is 4.16. The van der Waals surface area contributed by atoms with Gasteiger partial charge < -0.3 is 10.2 Å². The fourth-order valence-corrected chi connectivity index (χ4v) is 8.05. The number of fused-ring (bicyclic) bond motifs is 1. The van der Waals surface area contributed by atoms with E-state index in [9.17, 15) is 9.90 Å². The van der Waals surface area contributed by atoms with Gasteiger partial charge in [0.15, 0.2) is 0 Å². The molecular weight excluding hydrogens is 348 g/mol. The van der Waals surface area contributed by atoms with Crippen molar-refractivity contribution >= 4 is 5.97 Å². The molecule has 2 N–H and O–H groups in total. The summed E-state index contributed by atoms with van der Waals surface area (Å²) in [5, 5.41) is 19.2. The summed E-state index contributed by atoms with van der Waals surface area (Å²) in [5.41, 5.74) is 0.812. The minimum Gasteiger partial charge on any atom is -0.481 e. The van der Waals surface area contributed by atoms with Gasteiger partial charge in [0.05, 0.1) is 6.10 Å². The second-order valence-electron chi connectivity index (χ2n) is 11.2. The molecule has 3 aliphatic carbocycles. The molecule has 0 heterocycles. The van der Waals surface area contributed by atoms with Crippen LogP contribution in [0.4, 0.5) is 0 Å². The smallest absolute Gasteiger partial charge is 0.303 e. The van der Waals surface area contributed by atoms with Crippen molar-refractivity contribution in [3.05, 3.63) is 0 Å². The number of carboxylic acid groups (broad SMARTS) is 1. The van der Waals surface area contributed by atoms with Gasteiger partial charge in [0, 0.05) is 6.42 Å². The summed E-state index contributed by atoms with van der Waals surface area (Å²) in [7, 11) is 0. The molecule has 0 saturated heterocycles. The zero-order valence-electron chi connectivity index (χ0n) is 18.8. The van der Waals surface area contributed by atoms with Crippen molar-refractivity contribution in [3.8, 4) is 0 Å². The first-order valence-electron chi connectivity index (χ1n) is 12.1. The molecule has 3 rings (SSSR count). The molecule has 3 unspecified atom stereocenters. The van der Waals surface area contributed by atoms with Gasteiger partial charge >= 0.3 is 5.97 Å². The van der Waals surface area contributed by atoms with Crippen LogP contribution in [0.25, 0.3) is 0 Å². The Bertz CT molecular complexity index is 536. The Labute approximate surface area is 172 Å². The highest BCUT2D eigenvalue weighted by atomic mass is 16.4. The number of carbonyl (C=O) groups is 1. The monoisotopic (exact) mass is 392 g/mol. The molecule has 0 amide bonds. The maximum atomic E-state index is 11.1. The van der Waals surface area contributed by atoms with Crippen molar-refractivity contribution in [2.75, 3.05) is 0 Å². The summed E-state index contributed by atoms with van der Waals surface area (Å²) in [4.78, 5) is 11.1. The van der Waals surface area contributed by atoms with E-state index in [1.807, 2.05) is 0 Å². The summed E-state index contributed by atoms with van der Waals surface area (Å²) in [5.74, 6) is 3.01. The van der Waals surface area contributed by atoms with Crippen LogP contribution in [0.1, 0.15) is 105 Å². The van der Waals surface area contributed by atoms with E-state index in [0.717, 1.165) is 37.0 Å². The van der Waals surface area contributed by atoms with Crippen LogP contribution >= 0.6 is 0 Å². The maximum absolute atomic E-state index is 11.1. The predicted molar refractivity (Wildman–Crippen MR) is 114 cm³/mol. The van der Waals surface area contributed by atoms with E-state index in [1.165, 1.54) is 51.4 Å². The second kappa shape index (κ2) is 8.66. The zero-order chi connectivity index (χ0) is 20.5. The highest BCUT2D eigenvalue weighted by Gasteiger charge is 2.57. The van der Waals surface area contributed by atoms with Gasteiger partial charge in [-0.1, -0.05) is 40.5 Å². The third-order valence-electron chi connectivity index (χ3n) is 9.63. The molecule has 0 radical (unpaired) electrons. The Morgan fingerprint density at radius 2 is 1.71 bits per heavy atom. The standard InChI is InChI=1S/C25H44O3/c1-5-6-19-21(24(3)14-11-18(26)12-15-24)13-16-25(4)20(8-9-22(19)25)17(2)7-10-23(27)28/h17-22,26H,5-16H2,1-4H3,(H,27,28)/t17-,18-,19?,20-,21?,22?,24+,25-/m1/s1. The fraction of sp³-hybridized carbons (Fsp3) is 0.960. The molecule has 3 nitrogen and oxygen atoms in total. The average molecular weight is 393 g/mol. The topological polar surface area (TPSA) is 57.5 Å². The highest BCUT2D eigenvalue weighted by molar-refractivity contribution is 5.66. The van der Waals surface area contributed by atoms with E-state index < -0.39 is 5.97 Å². The summed E-state index contributed by atoms with van der Waals surface area (Å²) in [6.07, 6.45) is 13.4. The molecule has 162 valence electrons. The number of aliphatic hydroxyl groups excluding tert-OH is 1. The first-order chi connectivity index (χ1) is 13.2. The Balaban J connectivity index is 1.77. The quantitative estimate of drug-likeness (QED) is 0.535. The number of rotatable bonds is 7. The van der Waals surface area contributed by atoms with Gasteiger partial charge in [0.1, 0.15) is 0 Å². The molecule has 0 bridgehead atoms. The molecule has 0 aromatic heterocycles. The van der Waals surface area contributed by atoms with E-state index >= 15 is 0 Å². The van der Waals surface area contributed by atoms with Gasteiger partial charge in [-0.3, -0.25) is 4.79 Å². The van der Waals surface area contributed by atoms with Crippen LogP contribution in [0.5, 0.6) is 0 Å². The van der Waals surface area contributed by atoms with Crippen molar-refractivity contribution in [3.63, 3.8) is 0 Å². The average Bonchev–Trinajstić information content (AvgIpc) is 3.00. The number of carboxylic acids is 1. The van der Waals surface area contributed by atoms with Crippen LogP contribution < -0.4 is 0 Å². The summed E-state index contributed by atoms with van der Waals surface area (Å²) in [6, 6.07) is 0. The Morgan fingerprint density at radius 1 is 1.04 bits per heavy atom. The van der Waals surface area contributed by atoms with E-state index in [0.29, 0.717) is 29.1 Å². The Hall–Kier alpha value is -0.570. The summed E-state index contributed by atoms with van der Waals surface area (Å²) >= 11 is 0. The second-order valence-corrected chi connectivity index (χ2v) is 11.2. The number of aliphatic hydroxyl groups is 1. The van der Waals surface area contributed by atoms with Crippen LogP contribution in [-0.2, 0) is 4.79 Å². The molecule has 3 saturated carbocycles. The van der Waals surface area contributed by atoms with Crippen molar-refractivity contribution < 1.29 is 15.0 Å². The van der Waals surface area contributed by atoms with E-state index in [1.54, 1.807) is 0 Å². The lowest BCUT2D eigenvalue weighted by Crippen LogP contribution is -2.48. The molecule has 0 aromatic carbocycles. The SMILES string of the molecule is CCCC1C2CC[C@H]([C@H](C)CCC(=O)O)[C@@]2(C)CCC1[C@]1(C)CC[C@H](O)CC1. The lowest BCUT2D eigenvalue weighted by atomic mass is 9.49. The molecular formula is C25H44O3. The van der Waals surface area contributed by atoms with E-state index in [2.05, 4.69) is 27.7 Å². The molecule has 0 spiro atoms. The maximum Gasteiger partial charge on any atom is 0.303 e. The van der Waals surface area contributed by atoms with Crippen molar-refractivity contribution in [2.45, 2.75) is 111 Å². The number of aliphatic carboxylic acids is 1. The van der Waals surface area contributed by atoms with Gasteiger partial charge in [0.25, 0.3) is 0 Å². The Kier molecular flexibility index (Phi) is 6.84. The van der Waals surface area contributed by atoms with Crippen LogP contribution in [-0.4, -0.2) is 22.3 Å². The van der Waals surface area contributed by atoms with E-state index in [4.69, 9.17) is 5.11 Å². The highest BCUT2D eigenvalue weighted by Crippen LogP contribution is 2.65. The molecule has 0 aromatic rings. The Morgan fingerprint density at radius 3 is 2.32 bits per heavy atom. The zero-order valence-corrected chi connectivity index (χ0v) is 18.8. The van der Waals surface area contributed by atoms with Crippen LogP contribution in [0.3, 0.4) is 0 Å². The summed E-state index contributed by atoms with van der Waals surface area (Å²) < 4.78 is 0. The van der Waals surface area contributed by atoms with Gasteiger partial charge in [-0.25, -0.2) is 0 Å². The minimum absolute atomic E-state index is 0.0718. The first-order valence-corrected chi connectivity index (χ1v) is 12.1. The number of hydrogen-bond donors (Lipinski definition) is 2. The molecule has 3 heteroatoms. The molecule has 28 heavy (non-hydrogen) atoms. The largest absolute Gasteiger partial charge is 0.481 e. The predicted octanol–water partition coefficient (Wildman–Crippen LogP) is 6.29. The fourth-order valence-electron chi connectivity index (χ4n) is 8.05. The van der Waals surface area contributed by atoms with Crippen LogP contribution in [0.15, 0.2) is 0 Å². The molecule has 0 aliphatic heterocycles. The van der Waals surface area contributed by atoms with E-state index in [-0.39, 0.29) is 6.10 Å². The van der Waals surface area contributed by atoms with Crippen molar-refractivity contribution in [1.82, 2.24) is 0 Å². The van der Waals surface area contributed by atoms with Crippen molar-refractivity contribution in [1.29, 1.82) is 0 Å². The number of hydrogen-bond acceptors (Lipinski definition) is 2. The lowest BCUT2D eigenvalue weighted by Gasteiger charge is -2.56. The van der Waals surface area contributed by atoms with Gasteiger partial charge in [-0.15, -0.1) is 0 Å². The van der Waals surface area contributed by atoms with Crippen LogP contribution in [0, 0.1) is 40.4 Å². The lowest BCUT2D eigenvalue weighted by molar-refractivity contribution is -0.137. The van der Waals surface area contributed by atoms with Gasteiger partial charge in [0.2, 0.25) is 0 Å². The third-order valence-corrected chi connectivity index (χ3v) is 9.63. The normalized spacial score (nSPS) is 44.8. The minimum atomic E-state index is -0.647. The summed E-state index contributed by atoms with van der Waals surface area (Å²) in [6.45, 7) is 9.74.